The van der Waals surface area contributed by atoms with Gasteiger partial charge in [-0.2, -0.15) is 5.10 Å². The van der Waals surface area contributed by atoms with Crippen LogP contribution < -0.4 is 5.32 Å². The number of aromatic nitrogens is 2. The third-order valence-corrected chi connectivity index (χ3v) is 4.03. The predicted molar refractivity (Wildman–Crippen MR) is 104 cm³/mol. The van der Waals surface area contributed by atoms with E-state index >= 15 is 0 Å². The van der Waals surface area contributed by atoms with Crippen molar-refractivity contribution in [2.45, 2.75) is 13.0 Å². The highest BCUT2D eigenvalue weighted by Crippen LogP contribution is 2.08. The molecule has 2 aromatic rings. The Balaban J connectivity index is 1.89. The number of rotatable bonds is 6. The monoisotopic (exact) mass is 356 g/mol. The van der Waals surface area contributed by atoms with Gasteiger partial charge in [-0.15, -0.1) is 0 Å². The third kappa shape index (κ3) is 5.34. The van der Waals surface area contributed by atoms with Crippen molar-refractivity contribution in [2.24, 2.45) is 12.0 Å². The minimum absolute atomic E-state index is 0.0202. The quantitative estimate of drug-likeness (QED) is 0.627. The van der Waals surface area contributed by atoms with Crippen molar-refractivity contribution in [3.8, 4) is 0 Å². The van der Waals surface area contributed by atoms with E-state index in [2.05, 4.69) is 20.3 Å². The molecule has 1 N–H and O–H groups in total. The number of nitrogens with one attached hydrogen (secondary N) is 1. The van der Waals surface area contributed by atoms with Gasteiger partial charge in [-0.3, -0.25) is 14.5 Å². The number of carbonyl (C=O) groups is 1. The fourth-order valence-corrected chi connectivity index (χ4v) is 2.72. The van der Waals surface area contributed by atoms with Crippen LogP contribution in [-0.2, 0) is 20.0 Å². The molecule has 0 bridgehead atoms. The lowest BCUT2D eigenvalue weighted by Gasteiger charge is -2.21. The van der Waals surface area contributed by atoms with Gasteiger partial charge in [-0.25, -0.2) is 0 Å². The Morgan fingerprint density at radius 2 is 2.04 bits per heavy atom. The maximum atomic E-state index is 12.1. The summed E-state index contributed by atoms with van der Waals surface area (Å²) in [5.41, 5.74) is 2.97. The van der Waals surface area contributed by atoms with Crippen LogP contribution in [0.15, 0.2) is 41.7 Å². The van der Waals surface area contributed by atoms with Crippen molar-refractivity contribution in [2.75, 3.05) is 34.7 Å². The lowest BCUT2D eigenvalue weighted by atomic mass is 10.1. The minimum atomic E-state index is 0.0202. The van der Waals surface area contributed by atoms with Crippen LogP contribution in [0.4, 0.5) is 0 Å². The number of aryl methyl sites for hydroxylation is 1. The first kappa shape index (κ1) is 19.5. The molecule has 0 aliphatic heterocycles. The summed E-state index contributed by atoms with van der Waals surface area (Å²) in [5, 5.41) is 7.56. The molecule has 26 heavy (non-hydrogen) atoms. The Morgan fingerprint density at radius 3 is 2.65 bits per heavy atom. The maximum absolute atomic E-state index is 12.1. The molecule has 1 amide bonds. The molecule has 0 spiro atoms. The lowest BCUT2D eigenvalue weighted by molar-refractivity contribution is 0.0827. The first-order chi connectivity index (χ1) is 12.4. The number of amides is 1. The Bertz CT molecular complexity index is 765. The van der Waals surface area contributed by atoms with Crippen molar-refractivity contribution in [1.29, 1.82) is 0 Å². The first-order valence-corrected chi connectivity index (χ1v) is 8.60. The standard InChI is InChI=1S/C19H28N6O/c1-20-19(24(4)13-16-12-22-25(5)14-16)21-10-9-15-7-6-8-17(11-15)18(26)23(2)3/h6-8,11-12,14H,9-10,13H2,1-5H3,(H,20,21). The average Bonchev–Trinajstić information content (AvgIpc) is 3.02. The zero-order valence-corrected chi connectivity index (χ0v) is 16.2. The lowest BCUT2D eigenvalue weighted by Crippen LogP contribution is -2.39. The fourth-order valence-electron chi connectivity index (χ4n) is 2.72. The van der Waals surface area contributed by atoms with Gasteiger partial charge in [0, 0.05) is 65.7 Å². The van der Waals surface area contributed by atoms with Gasteiger partial charge < -0.3 is 15.1 Å². The van der Waals surface area contributed by atoms with Gasteiger partial charge in [0.1, 0.15) is 0 Å². The summed E-state index contributed by atoms with van der Waals surface area (Å²) in [7, 11) is 9.21. The zero-order chi connectivity index (χ0) is 19.1. The molecule has 0 unspecified atom stereocenters. The van der Waals surface area contributed by atoms with E-state index in [-0.39, 0.29) is 5.91 Å². The van der Waals surface area contributed by atoms with E-state index in [0.29, 0.717) is 5.56 Å². The minimum Gasteiger partial charge on any atom is -0.356 e. The highest BCUT2D eigenvalue weighted by molar-refractivity contribution is 5.94. The Kier molecular flexibility index (Phi) is 6.77. The van der Waals surface area contributed by atoms with Crippen LogP contribution in [0.25, 0.3) is 0 Å². The van der Waals surface area contributed by atoms with Gasteiger partial charge in [0.25, 0.3) is 5.91 Å². The van der Waals surface area contributed by atoms with Gasteiger partial charge in [-0.05, 0) is 24.1 Å². The van der Waals surface area contributed by atoms with Crippen LogP contribution in [0.5, 0.6) is 0 Å². The van der Waals surface area contributed by atoms with Gasteiger partial charge >= 0.3 is 0 Å². The second-order valence-corrected chi connectivity index (χ2v) is 6.50. The maximum Gasteiger partial charge on any atom is 0.253 e. The van der Waals surface area contributed by atoms with Gasteiger partial charge in [0.05, 0.1) is 6.20 Å². The number of hydrogen-bond donors (Lipinski definition) is 1. The van der Waals surface area contributed by atoms with E-state index in [1.165, 1.54) is 0 Å². The average molecular weight is 356 g/mol. The molecule has 1 aromatic heterocycles. The van der Waals surface area contributed by atoms with E-state index in [1.54, 1.807) is 30.7 Å². The molecule has 0 atom stereocenters. The van der Waals surface area contributed by atoms with Gasteiger partial charge in [0.2, 0.25) is 0 Å². The van der Waals surface area contributed by atoms with Crippen LogP contribution in [0.1, 0.15) is 21.5 Å². The van der Waals surface area contributed by atoms with Gasteiger partial charge in [-0.1, -0.05) is 12.1 Å². The summed E-state index contributed by atoms with van der Waals surface area (Å²) in [6.45, 7) is 1.48. The second kappa shape index (κ2) is 9.03. The molecular formula is C19H28N6O. The van der Waals surface area contributed by atoms with E-state index in [1.807, 2.05) is 50.8 Å². The molecular weight excluding hydrogens is 328 g/mol. The molecule has 0 fully saturated rings. The number of nitrogens with zero attached hydrogens (tertiary/aromatic N) is 5. The van der Waals surface area contributed by atoms with Crippen molar-refractivity contribution in [3.63, 3.8) is 0 Å². The predicted octanol–water partition coefficient (Wildman–Crippen LogP) is 1.37. The highest BCUT2D eigenvalue weighted by atomic mass is 16.2. The summed E-state index contributed by atoms with van der Waals surface area (Å²) in [6, 6.07) is 7.76. The summed E-state index contributed by atoms with van der Waals surface area (Å²) in [5.74, 6) is 0.848. The smallest absolute Gasteiger partial charge is 0.253 e. The normalized spacial score (nSPS) is 11.3. The molecule has 1 heterocycles. The van der Waals surface area contributed by atoms with Crippen molar-refractivity contribution in [3.05, 3.63) is 53.3 Å². The Labute approximate surface area is 155 Å². The molecule has 7 heteroatoms. The highest BCUT2D eigenvalue weighted by Gasteiger charge is 2.09. The third-order valence-electron chi connectivity index (χ3n) is 4.03. The second-order valence-electron chi connectivity index (χ2n) is 6.50. The van der Waals surface area contributed by atoms with E-state index < -0.39 is 0 Å². The molecule has 0 saturated carbocycles. The first-order valence-electron chi connectivity index (χ1n) is 8.60. The van der Waals surface area contributed by atoms with Crippen molar-refractivity contribution < 1.29 is 4.79 Å². The van der Waals surface area contributed by atoms with E-state index in [9.17, 15) is 4.79 Å². The van der Waals surface area contributed by atoms with Crippen LogP contribution in [-0.4, -0.2) is 66.2 Å². The topological polar surface area (TPSA) is 65.8 Å². The molecule has 0 radical (unpaired) electrons. The Morgan fingerprint density at radius 1 is 1.27 bits per heavy atom. The van der Waals surface area contributed by atoms with E-state index in [4.69, 9.17) is 0 Å². The number of carbonyl (C=O) groups excluding carboxylic acids is 1. The fraction of sp³-hybridized carbons (Fsp3) is 0.421. The summed E-state index contributed by atoms with van der Waals surface area (Å²) in [6.07, 6.45) is 4.67. The molecule has 2 rings (SSSR count). The Hall–Kier alpha value is -2.83. The van der Waals surface area contributed by atoms with Crippen LogP contribution in [0, 0.1) is 0 Å². The molecule has 0 aliphatic rings. The van der Waals surface area contributed by atoms with E-state index in [0.717, 1.165) is 36.6 Å². The van der Waals surface area contributed by atoms with Gasteiger partial charge in [0.15, 0.2) is 5.96 Å². The van der Waals surface area contributed by atoms with Crippen molar-refractivity contribution in [1.82, 2.24) is 24.9 Å². The molecule has 7 nitrogen and oxygen atoms in total. The van der Waals surface area contributed by atoms with Crippen LogP contribution in [0.3, 0.4) is 0 Å². The number of benzene rings is 1. The molecule has 0 aliphatic carbocycles. The summed E-state index contributed by atoms with van der Waals surface area (Å²) < 4.78 is 1.79. The van der Waals surface area contributed by atoms with Crippen LogP contribution >= 0.6 is 0 Å². The summed E-state index contributed by atoms with van der Waals surface area (Å²) in [4.78, 5) is 20.1. The largest absolute Gasteiger partial charge is 0.356 e. The number of aliphatic imine (C=N–C) groups is 1. The van der Waals surface area contributed by atoms with Crippen LogP contribution in [0.2, 0.25) is 0 Å². The van der Waals surface area contributed by atoms with Crippen molar-refractivity contribution >= 4 is 11.9 Å². The zero-order valence-electron chi connectivity index (χ0n) is 16.2. The number of guanidine groups is 1. The SMILES string of the molecule is CN=C(NCCc1cccc(C(=O)N(C)C)c1)N(C)Cc1cnn(C)c1. The molecule has 140 valence electrons. The number of hydrogen-bond acceptors (Lipinski definition) is 3. The molecule has 0 saturated heterocycles. The summed E-state index contributed by atoms with van der Waals surface area (Å²) >= 11 is 0. The molecule has 1 aromatic carbocycles.